The molecule has 322 valence electrons. The van der Waals surface area contributed by atoms with Gasteiger partial charge in [-0.05, 0) is 28.8 Å². The zero-order valence-electron chi connectivity index (χ0n) is 34.7. The SMILES string of the molecule is CC(=O)OC[C@@H](OC(C)=O)[C@H](OC(C)=O)[C@H](/C=N/NC(=O)Cn1c(-c2ccccc2)cs/c1=N\N=C\c1cn(-c2ccccc2)nc1-c1ccc(-c2ccccc2)cc1)OC(C)=O. The van der Waals surface area contributed by atoms with E-state index in [1.807, 2.05) is 115 Å². The summed E-state index contributed by atoms with van der Waals surface area (Å²) in [5.41, 5.74) is 9.18. The summed E-state index contributed by atoms with van der Waals surface area (Å²) >= 11 is 1.27. The van der Waals surface area contributed by atoms with Gasteiger partial charge in [0.2, 0.25) is 4.80 Å². The Balaban J connectivity index is 1.29. The topological polar surface area (TPSA) is 194 Å². The maximum Gasteiger partial charge on any atom is 0.303 e. The molecule has 0 unspecified atom stereocenters. The first kappa shape index (κ1) is 44.8. The third-order valence-electron chi connectivity index (χ3n) is 9.01. The van der Waals surface area contributed by atoms with Gasteiger partial charge in [-0.1, -0.05) is 103 Å². The highest BCUT2D eigenvalue weighted by molar-refractivity contribution is 7.07. The van der Waals surface area contributed by atoms with Gasteiger partial charge in [-0.25, -0.2) is 10.1 Å². The molecule has 0 aliphatic carbocycles. The number of nitrogens with zero attached hydrogens (tertiary/aromatic N) is 6. The van der Waals surface area contributed by atoms with Crippen LogP contribution in [-0.4, -0.2) is 81.5 Å². The monoisotopic (exact) mass is 869 g/mol. The highest BCUT2D eigenvalue weighted by atomic mass is 32.1. The number of nitrogens with one attached hydrogen (secondary N) is 1. The molecule has 17 heteroatoms. The first-order valence-electron chi connectivity index (χ1n) is 19.5. The summed E-state index contributed by atoms with van der Waals surface area (Å²) in [6.07, 6.45) is 0.0959. The molecule has 2 heterocycles. The molecule has 16 nitrogen and oxygen atoms in total. The van der Waals surface area contributed by atoms with Gasteiger partial charge in [0.1, 0.15) is 18.8 Å². The van der Waals surface area contributed by atoms with Crippen LogP contribution in [0.2, 0.25) is 0 Å². The molecule has 0 aliphatic heterocycles. The van der Waals surface area contributed by atoms with Crippen molar-refractivity contribution in [2.75, 3.05) is 6.61 Å². The number of hydrazone groups is 1. The lowest BCUT2D eigenvalue weighted by Crippen LogP contribution is -2.48. The third kappa shape index (κ3) is 12.6. The number of hydrogen-bond acceptors (Lipinski definition) is 14. The van der Waals surface area contributed by atoms with Crippen LogP contribution in [-0.2, 0) is 49.5 Å². The molecule has 1 amide bonds. The first-order valence-corrected chi connectivity index (χ1v) is 20.4. The molecular weight excluding hydrogens is 827 g/mol. The van der Waals surface area contributed by atoms with Crippen LogP contribution < -0.4 is 10.2 Å². The highest BCUT2D eigenvalue weighted by Gasteiger charge is 2.37. The zero-order valence-corrected chi connectivity index (χ0v) is 35.5. The summed E-state index contributed by atoms with van der Waals surface area (Å²) in [7, 11) is 0. The smallest absolute Gasteiger partial charge is 0.303 e. The van der Waals surface area contributed by atoms with Crippen molar-refractivity contribution in [3.8, 4) is 39.3 Å². The minimum absolute atomic E-state index is 0.279. The normalized spacial score (nSPS) is 13.0. The predicted molar refractivity (Wildman–Crippen MR) is 235 cm³/mol. The fourth-order valence-corrected chi connectivity index (χ4v) is 7.17. The Morgan fingerprint density at radius 1 is 0.714 bits per heavy atom. The summed E-state index contributed by atoms with van der Waals surface area (Å²) in [4.78, 5) is 61.7. The number of carbonyl (C=O) groups is 5. The maximum atomic E-state index is 13.6. The molecule has 0 bridgehead atoms. The van der Waals surface area contributed by atoms with Crippen LogP contribution in [0.4, 0.5) is 0 Å². The van der Waals surface area contributed by atoms with Crippen LogP contribution in [0, 0.1) is 0 Å². The number of ether oxygens (including phenoxy) is 4. The van der Waals surface area contributed by atoms with Crippen LogP contribution in [0.1, 0.15) is 33.3 Å². The molecule has 0 aliphatic rings. The molecule has 0 spiro atoms. The zero-order chi connectivity index (χ0) is 44.7. The van der Waals surface area contributed by atoms with E-state index in [9.17, 15) is 24.0 Å². The molecule has 63 heavy (non-hydrogen) atoms. The van der Waals surface area contributed by atoms with Crippen molar-refractivity contribution in [1.82, 2.24) is 19.8 Å². The van der Waals surface area contributed by atoms with Crippen LogP contribution in [0.15, 0.2) is 142 Å². The number of esters is 4. The van der Waals surface area contributed by atoms with E-state index in [-0.39, 0.29) is 6.54 Å². The molecule has 6 aromatic rings. The molecule has 0 radical (unpaired) electrons. The average Bonchev–Trinajstić information content (AvgIpc) is 3.89. The Kier molecular flexibility index (Phi) is 15.4. The van der Waals surface area contributed by atoms with Crippen molar-refractivity contribution < 1.29 is 42.9 Å². The van der Waals surface area contributed by atoms with E-state index in [4.69, 9.17) is 24.0 Å². The summed E-state index contributed by atoms with van der Waals surface area (Å²) < 4.78 is 24.4. The molecule has 1 N–H and O–H groups in total. The molecule has 0 saturated heterocycles. The Bertz CT molecular complexity index is 2660. The van der Waals surface area contributed by atoms with Gasteiger partial charge in [0.05, 0.1) is 23.8 Å². The standard InChI is InChI=1S/C46H43N7O9S/c1-30(54)59-28-42(61-32(3)56)45(62-33(4)57)41(60-31(2)55)25-48-49-43(58)27-52-40(36-16-10-6-11-17-36)29-63-46(52)50-47-24-38-26-53(39-18-12-7-13-19-39)51-44(38)37-22-20-35(21-23-37)34-14-8-5-9-15-34/h5-26,29,41-42,45H,27-28H2,1-4H3,(H,49,58)/b47-24+,48-25+,50-46-/t41-,42+,45+/m0/s1. The quantitative estimate of drug-likeness (QED) is 0.0482. The fourth-order valence-electron chi connectivity index (χ4n) is 6.30. The first-order chi connectivity index (χ1) is 30.4. The van der Waals surface area contributed by atoms with Crippen molar-refractivity contribution in [2.24, 2.45) is 15.3 Å². The van der Waals surface area contributed by atoms with E-state index >= 15 is 0 Å². The third-order valence-corrected chi connectivity index (χ3v) is 9.86. The highest BCUT2D eigenvalue weighted by Crippen LogP contribution is 2.27. The van der Waals surface area contributed by atoms with E-state index in [0.29, 0.717) is 21.8 Å². The number of hydrogen-bond donors (Lipinski definition) is 1. The number of para-hydroxylation sites is 1. The minimum Gasteiger partial charge on any atom is -0.462 e. The molecule has 0 saturated carbocycles. The van der Waals surface area contributed by atoms with Crippen LogP contribution >= 0.6 is 11.3 Å². The van der Waals surface area contributed by atoms with Gasteiger partial charge in [-0.15, -0.1) is 16.4 Å². The van der Waals surface area contributed by atoms with Crippen molar-refractivity contribution in [2.45, 2.75) is 52.6 Å². The summed E-state index contributed by atoms with van der Waals surface area (Å²) in [6.45, 7) is 3.61. The number of aromatic nitrogens is 3. The van der Waals surface area contributed by atoms with E-state index in [1.54, 1.807) is 15.5 Å². The molecule has 3 atom stereocenters. The second-order valence-electron chi connectivity index (χ2n) is 13.8. The molecule has 4 aromatic carbocycles. The lowest BCUT2D eigenvalue weighted by atomic mass is 10.0. The van der Waals surface area contributed by atoms with Crippen molar-refractivity contribution in [1.29, 1.82) is 0 Å². The van der Waals surface area contributed by atoms with E-state index in [0.717, 1.165) is 61.9 Å². The molecule has 0 fully saturated rings. The Hall–Kier alpha value is -7.79. The second-order valence-corrected chi connectivity index (χ2v) is 14.6. The lowest BCUT2D eigenvalue weighted by Gasteiger charge is -2.29. The van der Waals surface area contributed by atoms with Gasteiger partial charge in [0.25, 0.3) is 5.91 Å². The van der Waals surface area contributed by atoms with Crippen LogP contribution in [0.25, 0.3) is 39.3 Å². The number of benzene rings is 4. The summed E-state index contributed by atoms with van der Waals surface area (Å²) in [5, 5.41) is 19.8. The summed E-state index contributed by atoms with van der Waals surface area (Å²) in [5.74, 6) is -3.74. The van der Waals surface area contributed by atoms with Gasteiger partial charge in [0, 0.05) is 50.4 Å². The van der Waals surface area contributed by atoms with Gasteiger partial charge >= 0.3 is 23.9 Å². The largest absolute Gasteiger partial charge is 0.462 e. The van der Waals surface area contributed by atoms with Crippen LogP contribution in [0.3, 0.4) is 0 Å². The number of carbonyl (C=O) groups excluding carboxylic acids is 5. The fraction of sp³-hybridized carbons (Fsp3) is 0.196. The van der Waals surface area contributed by atoms with E-state index in [2.05, 4.69) is 32.9 Å². The number of amides is 1. The van der Waals surface area contributed by atoms with Gasteiger partial charge in [0.15, 0.2) is 18.3 Å². The van der Waals surface area contributed by atoms with E-state index in [1.165, 1.54) is 11.3 Å². The maximum absolute atomic E-state index is 13.6. The van der Waals surface area contributed by atoms with Gasteiger partial charge < -0.3 is 23.5 Å². The van der Waals surface area contributed by atoms with E-state index < -0.39 is 54.7 Å². The van der Waals surface area contributed by atoms with Gasteiger partial charge in [-0.2, -0.15) is 15.3 Å². The molecular formula is C46H43N7O9S. The van der Waals surface area contributed by atoms with Crippen molar-refractivity contribution in [3.05, 3.63) is 137 Å². The second kappa shape index (κ2) is 21.6. The van der Waals surface area contributed by atoms with Crippen molar-refractivity contribution >= 4 is 53.6 Å². The minimum atomic E-state index is -1.51. The van der Waals surface area contributed by atoms with Crippen molar-refractivity contribution in [3.63, 3.8) is 0 Å². The van der Waals surface area contributed by atoms with Crippen LogP contribution in [0.5, 0.6) is 0 Å². The Morgan fingerprint density at radius 3 is 1.92 bits per heavy atom. The Labute approximate surface area is 366 Å². The summed E-state index contributed by atoms with van der Waals surface area (Å²) in [6, 6.07) is 37.3. The average molecular weight is 870 g/mol. The molecule has 6 rings (SSSR count). The van der Waals surface area contributed by atoms with Gasteiger partial charge in [-0.3, -0.25) is 24.0 Å². The number of rotatable bonds is 17. The lowest BCUT2D eigenvalue weighted by molar-refractivity contribution is -0.183. The molecule has 2 aromatic heterocycles. The predicted octanol–water partition coefficient (Wildman–Crippen LogP) is 6.13. The Morgan fingerprint density at radius 2 is 1.30 bits per heavy atom. The number of thiazole rings is 1.